The van der Waals surface area contributed by atoms with Crippen molar-refractivity contribution in [1.82, 2.24) is 4.98 Å². The Bertz CT molecular complexity index is 677. The van der Waals surface area contributed by atoms with Crippen LogP contribution in [0.3, 0.4) is 0 Å². The largest absolute Gasteiger partial charge is 0.432 e. The highest BCUT2D eigenvalue weighted by molar-refractivity contribution is 9.10. The molecule has 8 heteroatoms. The standard InChI is InChI=1S/C13H11BrFN3O3/c1-7(16)8-2-3-13(17-6-8)21-12-5-10(15)9(14)4-11(12)18(19)20/h2-7H,16H2,1H3/t7-/m1/s1. The number of halogens is 2. The number of rotatable bonds is 4. The summed E-state index contributed by atoms with van der Waals surface area (Å²) in [5, 5.41) is 11.0. The van der Waals surface area contributed by atoms with E-state index >= 15 is 0 Å². The SMILES string of the molecule is C[C@@H](N)c1ccc(Oc2cc(F)c(Br)cc2[N+](=O)[O-])nc1. The first kappa shape index (κ1) is 15.3. The first-order valence-corrected chi connectivity index (χ1v) is 6.70. The predicted octanol–water partition coefficient (Wildman–Crippen LogP) is 3.70. The Balaban J connectivity index is 2.34. The summed E-state index contributed by atoms with van der Waals surface area (Å²) in [7, 11) is 0. The van der Waals surface area contributed by atoms with Crippen molar-refractivity contribution in [3.63, 3.8) is 0 Å². The van der Waals surface area contributed by atoms with Crippen LogP contribution in [0.25, 0.3) is 0 Å². The minimum atomic E-state index is -0.664. The first-order chi connectivity index (χ1) is 9.88. The molecule has 0 saturated heterocycles. The summed E-state index contributed by atoms with van der Waals surface area (Å²) in [5.74, 6) is -0.770. The van der Waals surface area contributed by atoms with E-state index < -0.39 is 10.7 Å². The average molecular weight is 356 g/mol. The number of aromatic nitrogens is 1. The lowest BCUT2D eigenvalue weighted by atomic mass is 10.2. The van der Waals surface area contributed by atoms with Gasteiger partial charge in [0.1, 0.15) is 5.82 Å². The molecule has 1 aromatic heterocycles. The summed E-state index contributed by atoms with van der Waals surface area (Å²) in [6.07, 6.45) is 1.50. The minimum absolute atomic E-state index is 0.0122. The van der Waals surface area contributed by atoms with E-state index in [1.54, 1.807) is 13.0 Å². The fraction of sp³-hybridized carbons (Fsp3) is 0.154. The van der Waals surface area contributed by atoms with Gasteiger partial charge in [-0.05, 0) is 28.4 Å². The van der Waals surface area contributed by atoms with E-state index in [-0.39, 0.29) is 27.8 Å². The topological polar surface area (TPSA) is 91.3 Å². The summed E-state index contributed by atoms with van der Waals surface area (Å²) in [5.41, 5.74) is 6.12. The third-order valence-corrected chi connectivity index (χ3v) is 3.31. The molecule has 0 aliphatic rings. The monoisotopic (exact) mass is 355 g/mol. The summed E-state index contributed by atoms with van der Waals surface area (Å²) in [6, 6.07) is 4.99. The highest BCUT2D eigenvalue weighted by atomic mass is 79.9. The van der Waals surface area contributed by atoms with Gasteiger partial charge >= 0.3 is 5.69 Å². The van der Waals surface area contributed by atoms with Gasteiger partial charge in [-0.15, -0.1) is 0 Å². The Kier molecular flexibility index (Phi) is 4.49. The quantitative estimate of drug-likeness (QED) is 0.666. The van der Waals surface area contributed by atoms with Crippen molar-refractivity contribution >= 4 is 21.6 Å². The Morgan fingerprint density at radius 1 is 1.48 bits per heavy atom. The van der Waals surface area contributed by atoms with Gasteiger partial charge in [0.2, 0.25) is 11.6 Å². The molecule has 2 N–H and O–H groups in total. The second-order valence-corrected chi connectivity index (χ2v) is 5.17. The van der Waals surface area contributed by atoms with Crippen LogP contribution in [0.1, 0.15) is 18.5 Å². The lowest BCUT2D eigenvalue weighted by Crippen LogP contribution is -2.05. The molecular formula is C13H11BrFN3O3. The number of nitro benzene ring substituents is 1. The van der Waals surface area contributed by atoms with Crippen molar-refractivity contribution in [3.8, 4) is 11.6 Å². The molecule has 0 unspecified atom stereocenters. The molecule has 0 spiro atoms. The van der Waals surface area contributed by atoms with Crippen LogP contribution in [0.2, 0.25) is 0 Å². The maximum absolute atomic E-state index is 13.5. The molecule has 0 saturated carbocycles. The predicted molar refractivity (Wildman–Crippen MR) is 77.7 cm³/mol. The molecular weight excluding hydrogens is 345 g/mol. The highest BCUT2D eigenvalue weighted by Gasteiger charge is 2.20. The Labute approximate surface area is 128 Å². The number of nitro groups is 1. The minimum Gasteiger partial charge on any atom is -0.432 e. The Morgan fingerprint density at radius 2 is 2.19 bits per heavy atom. The molecule has 0 radical (unpaired) electrons. The molecule has 0 aliphatic heterocycles. The van der Waals surface area contributed by atoms with Gasteiger partial charge in [0.15, 0.2) is 0 Å². The summed E-state index contributed by atoms with van der Waals surface area (Å²) in [6.45, 7) is 1.80. The number of nitrogens with zero attached hydrogens (tertiary/aromatic N) is 2. The van der Waals surface area contributed by atoms with Crippen LogP contribution in [0.15, 0.2) is 34.9 Å². The molecule has 1 atom stereocenters. The maximum Gasteiger partial charge on any atom is 0.312 e. The van der Waals surface area contributed by atoms with Gasteiger partial charge in [-0.2, -0.15) is 0 Å². The first-order valence-electron chi connectivity index (χ1n) is 5.91. The van der Waals surface area contributed by atoms with Gasteiger partial charge in [0, 0.05) is 30.4 Å². The van der Waals surface area contributed by atoms with Gasteiger partial charge in [-0.25, -0.2) is 9.37 Å². The normalized spacial score (nSPS) is 12.0. The zero-order valence-corrected chi connectivity index (χ0v) is 12.5. The van der Waals surface area contributed by atoms with Crippen molar-refractivity contribution < 1.29 is 14.1 Å². The summed E-state index contributed by atoms with van der Waals surface area (Å²) >= 11 is 2.89. The van der Waals surface area contributed by atoms with Crippen LogP contribution in [-0.4, -0.2) is 9.91 Å². The second-order valence-electron chi connectivity index (χ2n) is 4.31. The van der Waals surface area contributed by atoms with Crippen LogP contribution in [-0.2, 0) is 0 Å². The Morgan fingerprint density at radius 3 is 2.71 bits per heavy atom. The van der Waals surface area contributed by atoms with Crippen LogP contribution >= 0.6 is 15.9 Å². The molecule has 1 heterocycles. The third kappa shape index (κ3) is 3.53. The van der Waals surface area contributed by atoms with E-state index in [0.29, 0.717) is 0 Å². The molecule has 0 aliphatic carbocycles. The summed E-state index contributed by atoms with van der Waals surface area (Å²) < 4.78 is 18.8. The number of hydrogen-bond donors (Lipinski definition) is 1. The van der Waals surface area contributed by atoms with Gasteiger partial charge < -0.3 is 10.5 Å². The zero-order valence-electron chi connectivity index (χ0n) is 10.9. The zero-order chi connectivity index (χ0) is 15.6. The van der Waals surface area contributed by atoms with Crippen LogP contribution < -0.4 is 10.5 Å². The van der Waals surface area contributed by atoms with Crippen LogP contribution in [0.5, 0.6) is 11.6 Å². The second kappa shape index (κ2) is 6.15. The van der Waals surface area contributed by atoms with Crippen LogP contribution in [0.4, 0.5) is 10.1 Å². The molecule has 110 valence electrons. The van der Waals surface area contributed by atoms with Crippen molar-refractivity contribution in [2.75, 3.05) is 0 Å². The van der Waals surface area contributed by atoms with E-state index in [9.17, 15) is 14.5 Å². The number of hydrogen-bond acceptors (Lipinski definition) is 5. The number of ether oxygens (including phenoxy) is 1. The van der Waals surface area contributed by atoms with Gasteiger partial charge in [0.05, 0.1) is 9.40 Å². The van der Waals surface area contributed by atoms with Gasteiger partial charge in [-0.3, -0.25) is 10.1 Å². The van der Waals surface area contributed by atoms with Gasteiger partial charge in [-0.1, -0.05) is 6.07 Å². The van der Waals surface area contributed by atoms with E-state index in [4.69, 9.17) is 10.5 Å². The Hall–Kier alpha value is -2.06. The smallest absolute Gasteiger partial charge is 0.312 e. The molecule has 0 bridgehead atoms. The number of nitrogens with two attached hydrogens (primary N) is 1. The number of benzene rings is 1. The van der Waals surface area contributed by atoms with Crippen molar-refractivity contribution in [2.45, 2.75) is 13.0 Å². The van der Waals surface area contributed by atoms with E-state index in [1.165, 1.54) is 12.3 Å². The molecule has 2 rings (SSSR count). The fourth-order valence-corrected chi connectivity index (χ4v) is 1.91. The van der Waals surface area contributed by atoms with E-state index in [1.807, 2.05) is 0 Å². The van der Waals surface area contributed by atoms with Crippen LogP contribution in [0, 0.1) is 15.9 Å². The molecule has 2 aromatic rings. The molecule has 0 amide bonds. The molecule has 0 fully saturated rings. The average Bonchev–Trinajstić information content (AvgIpc) is 2.43. The highest BCUT2D eigenvalue weighted by Crippen LogP contribution is 2.35. The molecule has 1 aromatic carbocycles. The number of pyridine rings is 1. The van der Waals surface area contributed by atoms with E-state index in [2.05, 4.69) is 20.9 Å². The van der Waals surface area contributed by atoms with Gasteiger partial charge in [0.25, 0.3) is 0 Å². The maximum atomic E-state index is 13.5. The van der Waals surface area contributed by atoms with Crippen molar-refractivity contribution in [2.24, 2.45) is 5.73 Å². The summed E-state index contributed by atoms with van der Waals surface area (Å²) in [4.78, 5) is 14.3. The lowest BCUT2D eigenvalue weighted by Gasteiger charge is -2.08. The lowest BCUT2D eigenvalue weighted by molar-refractivity contribution is -0.385. The molecule has 6 nitrogen and oxygen atoms in total. The van der Waals surface area contributed by atoms with Crippen molar-refractivity contribution in [1.29, 1.82) is 0 Å². The third-order valence-electron chi connectivity index (χ3n) is 2.70. The van der Waals surface area contributed by atoms with Crippen molar-refractivity contribution in [3.05, 3.63) is 56.4 Å². The molecule has 21 heavy (non-hydrogen) atoms. The van der Waals surface area contributed by atoms with E-state index in [0.717, 1.165) is 17.7 Å². The fourth-order valence-electron chi connectivity index (χ4n) is 1.58.